The third-order valence-electron chi connectivity index (χ3n) is 4.98. The Labute approximate surface area is 144 Å². The topological polar surface area (TPSA) is 85.2 Å². The van der Waals surface area contributed by atoms with Crippen LogP contribution in [0.25, 0.3) is 0 Å². The minimum absolute atomic E-state index is 0.185. The summed E-state index contributed by atoms with van der Waals surface area (Å²) in [5.74, 6) is 0. The number of aliphatic hydroxyl groups excluding tert-OH is 1. The molecular formula is C19H27N3O2. The van der Waals surface area contributed by atoms with Crippen LogP contribution in [0.4, 0.5) is 4.79 Å². The summed E-state index contributed by atoms with van der Waals surface area (Å²) in [7, 11) is 0. The van der Waals surface area contributed by atoms with Crippen LogP contribution in [-0.4, -0.2) is 23.8 Å². The molecule has 3 N–H and O–H groups in total. The first-order valence-corrected chi connectivity index (χ1v) is 8.69. The zero-order valence-electron chi connectivity index (χ0n) is 14.3. The Morgan fingerprint density at radius 1 is 1.42 bits per heavy atom. The van der Waals surface area contributed by atoms with Gasteiger partial charge in [0.2, 0.25) is 0 Å². The lowest BCUT2D eigenvalue weighted by molar-refractivity contribution is 0.00304. The molecule has 5 heteroatoms. The standard InChI is InChI=1S/C19H27N3O2/c1-19(12-6-5-11-17(19)23)14-21-18(24)22-16(10-7-13-20)15-8-3-2-4-9-15/h2-4,8-9,16-17,23H,5-7,10-12,14H2,1H3,(H2,21,22,24). The van der Waals surface area contributed by atoms with E-state index >= 15 is 0 Å². The number of benzene rings is 1. The van der Waals surface area contributed by atoms with Gasteiger partial charge in [-0.3, -0.25) is 0 Å². The number of aliphatic hydroxyl groups is 1. The number of urea groups is 1. The molecule has 2 amide bonds. The molecule has 1 aliphatic rings. The number of carbonyl (C=O) groups excluding carboxylic acids is 1. The van der Waals surface area contributed by atoms with Crippen molar-refractivity contribution in [2.45, 2.75) is 57.6 Å². The molecule has 1 aromatic rings. The molecule has 0 saturated heterocycles. The Morgan fingerprint density at radius 2 is 2.17 bits per heavy atom. The second-order valence-corrected chi connectivity index (χ2v) is 6.90. The highest BCUT2D eigenvalue weighted by Gasteiger charge is 2.35. The van der Waals surface area contributed by atoms with Gasteiger partial charge in [-0.15, -0.1) is 0 Å². The molecule has 2 rings (SSSR count). The summed E-state index contributed by atoms with van der Waals surface area (Å²) < 4.78 is 0. The van der Waals surface area contributed by atoms with E-state index in [0.29, 0.717) is 19.4 Å². The molecule has 0 radical (unpaired) electrons. The molecule has 0 aromatic heterocycles. The molecule has 0 bridgehead atoms. The Hall–Kier alpha value is -2.06. The Morgan fingerprint density at radius 3 is 2.83 bits per heavy atom. The van der Waals surface area contributed by atoms with E-state index in [2.05, 4.69) is 16.7 Å². The predicted molar refractivity (Wildman–Crippen MR) is 93.1 cm³/mol. The molecule has 5 nitrogen and oxygen atoms in total. The van der Waals surface area contributed by atoms with E-state index < -0.39 is 0 Å². The average Bonchev–Trinajstić information content (AvgIpc) is 2.60. The maximum atomic E-state index is 12.3. The van der Waals surface area contributed by atoms with E-state index in [1.165, 1.54) is 0 Å². The van der Waals surface area contributed by atoms with Crippen LogP contribution in [-0.2, 0) is 0 Å². The molecule has 1 fully saturated rings. The van der Waals surface area contributed by atoms with Crippen LogP contribution in [0.3, 0.4) is 0 Å². The fourth-order valence-corrected chi connectivity index (χ4v) is 3.30. The number of nitrogens with one attached hydrogen (secondary N) is 2. The summed E-state index contributed by atoms with van der Waals surface area (Å²) in [6.07, 6.45) is 4.46. The van der Waals surface area contributed by atoms with Gasteiger partial charge in [-0.2, -0.15) is 5.26 Å². The lowest BCUT2D eigenvalue weighted by Gasteiger charge is -2.38. The van der Waals surface area contributed by atoms with Crippen LogP contribution in [0.1, 0.15) is 57.1 Å². The second-order valence-electron chi connectivity index (χ2n) is 6.90. The molecule has 0 spiro atoms. The number of rotatable bonds is 6. The molecule has 1 saturated carbocycles. The molecule has 130 valence electrons. The van der Waals surface area contributed by atoms with E-state index in [4.69, 9.17) is 5.26 Å². The van der Waals surface area contributed by atoms with Gasteiger partial charge in [0.25, 0.3) is 0 Å². The average molecular weight is 329 g/mol. The predicted octanol–water partition coefficient (Wildman–Crippen LogP) is 3.27. The number of nitriles is 1. The number of hydrogen-bond acceptors (Lipinski definition) is 3. The van der Waals surface area contributed by atoms with E-state index in [1.807, 2.05) is 37.3 Å². The maximum absolute atomic E-state index is 12.3. The highest BCUT2D eigenvalue weighted by atomic mass is 16.3. The van der Waals surface area contributed by atoms with Gasteiger partial charge >= 0.3 is 6.03 Å². The Kier molecular flexibility index (Phi) is 6.62. The summed E-state index contributed by atoms with van der Waals surface area (Å²) in [6, 6.07) is 11.4. The molecule has 1 aliphatic carbocycles. The van der Waals surface area contributed by atoms with Crippen LogP contribution >= 0.6 is 0 Å². The largest absolute Gasteiger partial charge is 0.392 e. The van der Waals surface area contributed by atoms with Crippen molar-refractivity contribution in [2.75, 3.05) is 6.54 Å². The first-order chi connectivity index (χ1) is 11.5. The van der Waals surface area contributed by atoms with Gasteiger partial charge in [-0.25, -0.2) is 4.79 Å². The highest BCUT2D eigenvalue weighted by Crippen LogP contribution is 2.35. The number of nitrogens with zero attached hydrogens (tertiary/aromatic N) is 1. The van der Waals surface area contributed by atoms with Crippen molar-refractivity contribution < 1.29 is 9.90 Å². The number of carbonyl (C=O) groups is 1. The zero-order valence-corrected chi connectivity index (χ0v) is 14.3. The minimum Gasteiger partial charge on any atom is -0.392 e. The van der Waals surface area contributed by atoms with Crippen LogP contribution in [0, 0.1) is 16.7 Å². The van der Waals surface area contributed by atoms with Gasteiger partial charge in [0.15, 0.2) is 0 Å². The molecule has 0 heterocycles. The molecule has 1 aromatic carbocycles. The van der Waals surface area contributed by atoms with Gasteiger partial charge in [0.1, 0.15) is 0 Å². The maximum Gasteiger partial charge on any atom is 0.315 e. The highest BCUT2D eigenvalue weighted by molar-refractivity contribution is 5.74. The van der Waals surface area contributed by atoms with E-state index in [0.717, 1.165) is 31.2 Å². The minimum atomic E-state index is -0.366. The summed E-state index contributed by atoms with van der Waals surface area (Å²) in [4.78, 5) is 12.3. The van der Waals surface area contributed by atoms with Crippen molar-refractivity contribution >= 4 is 6.03 Å². The van der Waals surface area contributed by atoms with Crippen LogP contribution < -0.4 is 10.6 Å². The summed E-state index contributed by atoms with van der Waals surface area (Å²) in [5.41, 5.74) is 0.733. The van der Waals surface area contributed by atoms with Gasteiger partial charge in [0.05, 0.1) is 18.2 Å². The van der Waals surface area contributed by atoms with Crippen LogP contribution in [0.2, 0.25) is 0 Å². The van der Waals surface area contributed by atoms with Crippen molar-refractivity contribution in [2.24, 2.45) is 5.41 Å². The summed E-state index contributed by atoms with van der Waals surface area (Å²) in [5, 5.41) is 24.9. The Balaban J connectivity index is 1.91. The normalized spacial score (nSPS) is 24.6. The molecule has 0 aliphatic heterocycles. The smallest absolute Gasteiger partial charge is 0.315 e. The first-order valence-electron chi connectivity index (χ1n) is 8.69. The van der Waals surface area contributed by atoms with Crippen molar-refractivity contribution in [3.63, 3.8) is 0 Å². The third kappa shape index (κ3) is 4.97. The third-order valence-corrected chi connectivity index (χ3v) is 4.98. The zero-order chi connectivity index (χ0) is 17.4. The molecule has 3 atom stereocenters. The summed E-state index contributed by atoms with van der Waals surface area (Å²) in [6.45, 7) is 2.49. The lowest BCUT2D eigenvalue weighted by Crippen LogP contribution is -2.48. The van der Waals surface area contributed by atoms with Gasteiger partial charge in [-0.05, 0) is 24.8 Å². The van der Waals surface area contributed by atoms with Crippen molar-refractivity contribution in [3.8, 4) is 6.07 Å². The first kappa shape index (κ1) is 18.3. The van der Waals surface area contributed by atoms with E-state index in [1.54, 1.807) is 0 Å². The van der Waals surface area contributed by atoms with Crippen LogP contribution in [0.5, 0.6) is 0 Å². The van der Waals surface area contributed by atoms with Crippen molar-refractivity contribution in [1.29, 1.82) is 5.26 Å². The quantitative estimate of drug-likeness (QED) is 0.749. The molecular weight excluding hydrogens is 302 g/mol. The van der Waals surface area contributed by atoms with Crippen molar-refractivity contribution in [1.82, 2.24) is 10.6 Å². The van der Waals surface area contributed by atoms with E-state index in [-0.39, 0.29) is 23.6 Å². The fraction of sp³-hybridized carbons (Fsp3) is 0.579. The number of amides is 2. The SMILES string of the molecule is CC1(CNC(=O)NC(CCC#N)c2ccccc2)CCCCC1O. The van der Waals surface area contributed by atoms with Crippen molar-refractivity contribution in [3.05, 3.63) is 35.9 Å². The van der Waals surface area contributed by atoms with Crippen LogP contribution in [0.15, 0.2) is 30.3 Å². The second kappa shape index (κ2) is 8.70. The van der Waals surface area contributed by atoms with E-state index in [9.17, 15) is 9.90 Å². The van der Waals surface area contributed by atoms with Gasteiger partial charge < -0.3 is 15.7 Å². The fourth-order valence-electron chi connectivity index (χ4n) is 3.30. The van der Waals surface area contributed by atoms with Gasteiger partial charge in [0, 0.05) is 18.4 Å². The summed E-state index contributed by atoms with van der Waals surface area (Å²) >= 11 is 0. The monoisotopic (exact) mass is 329 g/mol. The number of hydrogen-bond donors (Lipinski definition) is 3. The van der Waals surface area contributed by atoms with Gasteiger partial charge in [-0.1, -0.05) is 50.1 Å². The Bertz CT molecular complexity index is 570. The lowest BCUT2D eigenvalue weighted by atomic mass is 9.73. The molecule has 24 heavy (non-hydrogen) atoms. The molecule has 3 unspecified atom stereocenters.